The third-order valence-corrected chi connectivity index (χ3v) is 4.86. The van der Waals surface area contributed by atoms with E-state index in [1.54, 1.807) is 4.90 Å². The number of likely N-dealkylation sites (tertiary alicyclic amines) is 1. The zero-order valence-corrected chi connectivity index (χ0v) is 12.7. The first-order chi connectivity index (χ1) is 10.5. The first kappa shape index (κ1) is 13.4. The van der Waals surface area contributed by atoms with Gasteiger partial charge in [0.1, 0.15) is 5.58 Å². The Morgan fingerprint density at radius 1 is 1.32 bits per heavy atom. The van der Waals surface area contributed by atoms with Gasteiger partial charge in [-0.2, -0.15) is 0 Å². The summed E-state index contributed by atoms with van der Waals surface area (Å²) < 4.78 is 5.84. The van der Waals surface area contributed by atoms with E-state index in [2.05, 4.69) is 5.32 Å². The molecule has 2 amide bonds. The summed E-state index contributed by atoms with van der Waals surface area (Å²) in [5.41, 5.74) is 2.51. The van der Waals surface area contributed by atoms with Crippen molar-refractivity contribution in [1.82, 2.24) is 10.2 Å². The van der Waals surface area contributed by atoms with Gasteiger partial charge in [0.05, 0.1) is 5.54 Å². The highest BCUT2D eigenvalue weighted by molar-refractivity contribution is 6.00. The summed E-state index contributed by atoms with van der Waals surface area (Å²) in [4.78, 5) is 25.8. The largest absolute Gasteiger partial charge is 0.450 e. The van der Waals surface area contributed by atoms with Gasteiger partial charge in [-0.1, -0.05) is 18.2 Å². The summed E-state index contributed by atoms with van der Waals surface area (Å²) in [5, 5.41) is 3.98. The number of carbonyl (C=O) groups excluding carboxylic acids is 2. The molecule has 0 saturated carbocycles. The molecule has 5 heteroatoms. The van der Waals surface area contributed by atoms with E-state index in [0.29, 0.717) is 25.3 Å². The Morgan fingerprint density at radius 3 is 2.73 bits per heavy atom. The highest BCUT2D eigenvalue weighted by Gasteiger charge is 2.50. The van der Waals surface area contributed by atoms with Crippen molar-refractivity contribution in [1.29, 1.82) is 0 Å². The average molecular weight is 298 g/mol. The maximum absolute atomic E-state index is 12.7. The number of para-hydroxylation sites is 1. The second kappa shape index (κ2) is 4.35. The van der Waals surface area contributed by atoms with Crippen molar-refractivity contribution in [3.05, 3.63) is 35.1 Å². The molecule has 2 saturated heterocycles. The van der Waals surface area contributed by atoms with Gasteiger partial charge in [0.25, 0.3) is 5.91 Å². The van der Waals surface area contributed by atoms with Crippen molar-refractivity contribution in [2.75, 3.05) is 13.1 Å². The molecule has 5 nitrogen and oxygen atoms in total. The minimum absolute atomic E-state index is 0.0835. The third-order valence-electron chi connectivity index (χ3n) is 4.86. The quantitative estimate of drug-likeness (QED) is 0.877. The SMILES string of the molecule is Cc1c(C(=O)N2CC3(CCC(=O)N3)C2)oc2c(C)cccc12. The van der Waals surface area contributed by atoms with Crippen LogP contribution in [0.15, 0.2) is 22.6 Å². The Bertz CT molecular complexity index is 800. The van der Waals surface area contributed by atoms with Crippen molar-refractivity contribution < 1.29 is 14.0 Å². The second-order valence-corrected chi connectivity index (χ2v) is 6.50. The van der Waals surface area contributed by atoms with E-state index >= 15 is 0 Å². The first-order valence-electron chi connectivity index (χ1n) is 7.58. The third kappa shape index (κ3) is 1.78. The standard InChI is InChI=1S/C17H18N2O3/c1-10-4-3-5-12-11(2)15(22-14(10)12)16(21)19-8-17(9-19)7-6-13(20)18-17/h3-5H,6-9H2,1-2H3,(H,18,20). The van der Waals surface area contributed by atoms with E-state index in [9.17, 15) is 9.59 Å². The first-order valence-corrected chi connectivity index (χ1v) is 7.58. The van der Waals surface area contributed by atoms with Gasteiger partial charge in [-0.3, -0.25) is 9.59 Å². The Balaban J connectivity index is 1.61. The highest BCUT2D eigenvalue weighted by atomic mass is 16.3. The molecule has 0 bridgehead atoms. The fraction of sp³-hybridized carbons (Fsp3) is 0.412. The fourth-order valence-electron chi connectivity index (χ4n) is 3.57. The number of rotatable bonds is 1. The van der Waals surface area contributed by atoms with Crippen LogP contribution in [0.4, 0.5) is 0 Å². The Labute approximate surface area is 128 Å². The Kier molecular flexibility index (Phi) is 2.64. The summed E-state index contributed by atoms with van der Waals surface area (Å²) in [7, 11) is 0. The molecule has 1 aromatic carbocycles. The normalized spacial score (nSPS) is 19.5. The van der Waals surface area contributed by atoms with Crippen molar-refractivity contribution in [3.8, 4) is 0 Å². The van der Waals surface area contributed by atoms with Gasteiger partial charge in [-0.15, -0.1) is 0 Å². The predicted molar refractivity (Wildman–Crippen MR) is 81.7 cm³/mol. The summed E-state index contributed by atoms with van der Waals surface area (Å²) in [6.45, 7) is 5.05. The lowest BCUT2D eigenvalue weighted by Gasteiger charge is -2.47. The molecule has 2 aliphatic rings. The summed E-state index contributed by atoms with van der Waals surface area (Å²) in [5.74, 6) is 0.422. The van der Waals surface area contributed by atoms with Gasteiger partial charge < -0.3 is 14.6 Å². The van der Waals surface area contributed by atoms with Gasteiger partial charge in [0.2, 0.25) is 5.91 Å². The molecular weight excluding hydrogens is 280 g/mol. The van der Waals surface area contributed by atoms with Gasteiger partial charge in [0.15, 0.2) is 5.76 Å². The van der Waals surface area contributed by atoms with Crippen LogP contribution < -0.4 is 5.32 Å². The van der Waals surface area contributed by atoms with Crippen molar-refractivity contribution in [2.24, 2.45) is 0 Å². The molecule has 0 atom stereocenters. The number of hydrogen-bond donors (Lipinski definition) is 1. The second-order valence-electron chi connectivity index (χ2n) is 6.50. The monoisotopic (exact) mass is 298 g/mol. The molecule has 0 radical (unpaired) electrons. The molecule has 2 aliphatic heterocycles. The average Bonchev–Trinajstić information content (AvgIpc) is 3.00. The van der Waals surface area contributed by atoms with E-state index in [1.165, 1.54) is 0 Å². The molecule has 22 heavy (non-hydrogen) atoms. The molecule has 2 fully saturated rings. The van der Waals surface area contributed by atoms with Crippen LogP contribution in [0.25, 0.3) is 11.0 Å². The van der Waals surface area contributed by atoms with Gasteiger partial charge in [-0.05, 0) is 25.8 Å². The number of nitrogens with one attached hydrogen (secondary N) is 1. The van der Waals surface area contributed by atoms with E-state index in [-0.39, 0.29) is 17.4 Å². The maximum Gasteiger partial charge on any atom is 0.290 e. The number of fused-ring (bicyclic) bond motifs is 1. The number of aryl methyl sites for hydroxylation is 2. The molecule has 114 valence electrons. The molecule has 3 heterocycles. The van der Waals surface area contributed by atoms with E-state index in [0.717, 1.165) is 28.5 Å². The van der Waals surface area contributed by atoms with Crippen LogP contribution in [0.2, 0.25) is 0 Å². The lowest BCUT2D eigenvalue weighted by atomic mass is 9.88. The molecular formula is C17H18N2O3. The lowest BCUT2D eigenvalue weighted by Crippen LogP contribution is -2.68. The van der Waals surface area contributed by atoms with Crippen LogP contribution in [-0.4, -0.2) is 35.3 Å². The zero-order chi connectivity index (χ0) is 15.5. The molecule has 1 N–H and O–H groups in total. The van der Waals surface area contributed by atoms with Gasteiger partial charge in [0, 0.05) is 30.5 Å². The highest BCUT2D eigenvalue weighted by Crippen LogP contribution is 2.34. The molecule has 1 spiro atoms. The molecule has 1 aromatic heterocycles. The molecule has 0 unspecified atom stereocenters. The van der Waals surface area contributed by atoms with Gasteiger partial charge in [-0.25, -0.2) is 0 Å². The van der Waals surface area contributed by atoms with Crippen LogP contribution in [0, 0.1) is 13.8 Å². The smallest absolute Gasteiger partial charge is 0.290 e. The number of furan rings is 1. The van der Waals surface area contributed by atoms with Crippen molar-refractivity contribution in [3.63, 3.8) is 0 Å². The van der Waals surface area contributed by atoms with E-state index in [1.807, 2.05) is 32.0 Å². The Hall–Kier alpha value is -2.30. The van der Waals surface area contributed by atoms with Crippen molar-refractivity contribution >= 4 is 22.8 Å². The lowest BCUT2D eigenvalue weighted by molar-refractivity contribution is -0.120. The molecule has 4 rings (SSSR count). The van der Waals surface area contributed by atoms with Gasteiger partial charge >= 0.3 is 0 Å². The number of hydrogen-bond acceptors (Lipinski definition) is 3. The molecule has 2 aromatic rings. The maximum atomic E-state index is 12.7. The fourth-order valence-corrected chi connectivity index (χ4v) is 3.57. The zero-order valence-electron chi connectivity index (χ0n) is 12.7. The topological polar surface area (TPSA) is 62.6 Å². The molecule has 0 aliphatic carbocycles. The van der Waals surface area contributed by atoms with Crippen LogP contribution in [-0.2, 0) is 4.79 Å². The summed E-state index contributed by atoms with van der Waals surface area (Å²) in [6.07, 6.45) is 1.37. The summed E-state index contributed by atoms with van der Waals surface area (Å²) in [6, 6.07) is 5.93. The van der Waals surface area contributed by atoms with Crippen LogP contribution >= 0.6 is 0 Å². The summed E-state index contributed by atoms with van der Waals surface area (Å²) >= 11 is 0. The predicted octanol–water partition coefficient (Wildman–Crippen LogP) is 2.15. The number of amides is 2. The van der Waals surface area contributed by atoms with Crippen LogP contribution in [0.5, 0.6) is 0 Å². The Morgan fingerprint density at radius 2 is 2.09 bits per heavy atom. The number of carbonyl (C=O) groups is 2. The van der Waals surface area contributed by atoms with Crippen LogP contribution in [0.3, 0.4) is 0 Å². The van der Waals surface area contributed by atoms with Crippen LogP contribution in [0.1, 0.15) is 34.5 Å². The van der Waals surface area contributed by atoms with E-state index < -0.39 is 0 Å². The number of benzene rings is 1. The minimum Gasteiger partial charge on any atom is -0.450 e. The minimum atomic E-state index is -0.192. The van der Waals surface area contributed by atoms with E-state index in [4.69, 9.17) is 4.42 Å². The number of nitrogens with zero attached hydrogens (tertiary/aromatic N) is 1. The van der Waals surface area contributed by atoms with Crippen molar-refractivity contribution in [2.45, 2.75) is 32.2 Å².